The van der Waals surface area contributed by atoms with E-state index < -0.39 is 11.6 Å². The first-order valence-corrected chi connectivity index (χ1v) is 9.59. The first-order chi connectivity index (χ1) is 15.7. The third-order valence-corrected chi connectivity index (χ3v) is 4.59. The molecule has 0 amide bonds. The van der Waals surface area contributed by atoms with Gasteiger partial charge in [-0.1, -0.05) is 23.8 Å². The quantitative estimate of drug-likeness (QED) is 0.458. The number of hydrogen-bond donors (Lipinski definition) is 2. The number of hydrogen-bond acceptors (Lipinski definition) is 10. The maximum absolute atomic E-state index is 12.4. The number of aromatic nitrogens is 2. The van der Waals surface area contributed by atoms with Crippen LogP contribution in [0.25, 0.3) is 5.69 Å². The Balaban J connectivity index is 1.54. The van der Waals surface area contributed by atoms with Crippen molar-refractivity contribution in [1.82, 2.24) is 10.9 Å². The van der Waals surface area contributed by atoms with Crippen molar-refractivity contribution in [1.29, 1.82) is 0 Å². The third kappa shape index (κ3) is 3.33. The van der Waals surface area contributed by atoms with Crippen LogP contribution in [0, 0.1) is 0 Å². The summed E-state index contributed by atoms with van der Waals surface area (Å²) in [6, 6.07) is 16.0. The van der Waals surface area contributed by atoms with Gasteiger partial charge in [0, 0.05) is 12.1 Å². The van der Waals surface area contributed by atoms with Crippen molar-refractivity contribution in [2.45, 2.75) is 6.92 Å². The molecule has 5 rings (SSSR count). The topological polar surface area (TPSA) is 138 Å². The molecule has 2 aromatic carbocycles. The molecule has 0 spiro atoms. The number of anilines is 1. The van der Waals surface area contributed by atoms with Crippen LogP contribution < -0.4 is 25.6 Å². The van der Waals surface area contributed by atoms with E-state index in [4.69, 9.17) is 14.1 Å². The molecular weight excluding hydrogens is 418 g/mol. The molecule has 3 heterocycles. The highest BCUT2D eigenvalue weighted by Crippen LogP contribution is 2.27. The molecule has 160 valence electrons. The SMILES string of the molecule is CCOc1ccc(-[n+]2[nH]oc(=O)c2C2=N/C(=C3/C(=O)ONN3c3ccccc3)N=N2)cc1. The molecular formula is C20H16N7O5+. The van der Waals surface area contributed by atoms with Gasteiger partial charge in [-0.2, -0.15) is 4.99 Å². The number of hydrazine groups is 1. The first-order valence-electron chi connectivity index (χ1n) is 9.59. The van der Waals surface area contributed by atoms with Crippen LogP contribution in [0.15, 0.2) is 90.7 Å². The molecule has 1 saturated heterocycles. The van der Waals surface area contributed by atoms with Crippen LogP contribution in [0.4, 0.5) is 5.69 Å². The third-order valence-electron chi connectivity index (χ3n) is 4.59. The molecule has 0 atom stereocenters. The summed E-state index contributed by atoms with van der Waals surface area (Å²) in [6.45, 7) is 2.42. The van der Waals surface area contributed by atoms with Crippen LogP contribution in [-0.2, 0) is 9.63 Å². The number of amidine groups is 1. The van der Waals surface area contributed by atoms with Crippen LogP contribution in [-0.4, -0.2) is 23.7 Å². The van der Waals surface area contributed by atoms with E-state index >= 15 is 0 Å². The van der Waals surface area contributed by atoms with Crippen LogP contribution in [0.1, 0.15) is 12.6 Å². The van der Waals surface area contributed by atoms with Gasteiger partial charge in [0.2, 0.25) is 11.5 Å². The zero-order chi connectivity index (χ0) is 22.1. The molecule has 0 bridgehead atoms. The summed E-state index contributed by atoms with van der Waals surface area (Å²) < 4.78 is 11.8. The standard InChI is InChI=1S/C20H15N7O5/c1-2-30-14-10-8-13(9-11-14)27-16(20(29)32-25-27)18-21-17(22-23-18)15-19(28)31-24-26(15)12-6-4-3-5-7-12/h3-11H,2H2,1H3,(H-,21,24,25,28,29)/p+1. The number of carbonyl (C=O) groups excluding carboxylic acids is 1. The maximum atomic E-state index is 12.4. The molecule has 1 aromatic heterocycles. The van der Waals surface area contributed by atoms with Gasteiger partial charge in [-0.15, -0.1) is 10.2 Å². The minimum absolute atomic E-state index is 0.0131. The number of nitrogens with zero attached hydrogens (tertiary/aromatic N) is 5. The molecule has 0 saturated carbocycles. The lowest BCUT2D eigenvalue weighted by molar-refractivity contribution is -0.671. The highest BCUT2D eigenvalue weighted by atomic mass is 16.7. The van der Waals surface area contributed by atoms with Crippen LogP contribution in [0.5, 0.6) is 5.75 Å². The summed E-state index contributed by atoms with van der Waals surface area (Å²) in [7, 11) is 0. The predicted molar refractivity (Wildman–Crippen MR) is 109 cm³/mol. The number of rotatable bonds is 5. The summed E-state index contributed by atoms with van der Waals surface area (Å²) in [5.74, 6) is -0.0440. The average Bonchev–Trinajstić information content (AvgIpc) is 3.53. The van der Waals surface area contributed by atoms with E-state index in [0.29, 0.717) is 23.7 Å². The number of carbonyl (C=O) groups is 1. The largest absolute Gasteiger partial charge is 0.494 e. The fraction of sp³-hybridized carbons (Fsp3) is 0.100. The van der Waals surface area contributed by atoms with Crippen molar-refractivity contribution >= 4 is 17.5 Å². The van der Waals surface area contributed by atoms with E-state index in [2.05, 4.69) is 26.1 Å². The molecule has 3 aromatic rings. The summed E-state index contributed by atoms with van der Waals surface area (Å²) in [5, 5.41) is 11.9. The summed E-state index contributed by atoms with van der Waals surface area (Å²) >= 11 is 0. The molecule has 12 nitrogen and oxygen atoms in total. The highest BCUT2D eigenvalue weighted by molar-refractivity contribution is 6.00. The minimum Gasteiger partial charge on any atom is -0.494 e. The average molecular weight is 434 g/mol. The number of benzene rings is 2. The van der Waals surface area contributed by atoms with Gasteiger partial charge in [0.25, 0.3) is 5.84 Å². The number of ether oxygens (including phenoxy) is 1. The summed E-state index contributed by atoms with van der Waals surface area (Å²) in [4.78, 5) is 33.9. The molecule has 1 fully saturated rings. The van der Waals surface area contributed by atoms with Crippen LogP contribution in [0.2, 0.25) is 0 Å². The summed E-state index contributed by atoms with van der Waals surface area (Å²) in [5.41, 5.74) is 3.07. The van der Waals surface area contributed by atoms with Gasteiger partial charge < -0.3 is 9.57 Å². The lowest BCUT2D eigenvalue weighted by Crippen LogP contribution is -2.40. The number of aliphatic imine (C=N–C) groups is 1. The van der Waals surface area contributed by atoms with Gasteiger partial charge in [-0.25, -0.2) is 14.6 Å². The lowest BCUT2D eigenvalue weighted by atomic mass is 10.3. The molecule has 0 unspecified atom stereocenters. The fourth-order valence-electron chi connectivity index (χ4n) is 3.17. The zero-order valence-electron chi connectivity index (χ0n) is 16.7. The van der Waals surface area contributed by atoms with Crippen molar-refractivity contribution in [3.05, 3.63) is 82.2 Å². The summed E-state index contributed by atoms with van der Waals surface area (Å²) in [6.07, 6.45) is 0. The van der Waals surface area contributed by atoms with E-state index in [1.165, 1.54) is 9.69 Å². The van der Waals surface area contributed by atoms with Crippen molar-refractivity contribution in [2.24, 2.45) is 15.2 Å². The number of azo groups is 1. The van der Waals surface area contributed by atoms with E-state index in [-0.39, 0.29) is 23.0 Å². The van der Waals surface area contributed by atoms with E-state index in [9.17, 15) is 9.59 Å². The number of H-pyrrole nitrogens is 1. The van der Waals surface area contributed by atoms with Gasteiger partial charge in [0.1, 0.15) is 5.75 Å². The van der Waals surface area contributed by atoms with Gasteiger partial charge in [-0.3, -0.25) is 4.52 Å². The lowest BCUT2D eigenvalue weighted by Gasteiger charge is -2.14. The Kier molecular flexibility index (Phi) is 4.80. The van der Waals surface area contributed by atoms with Gasteiger partial charge in [-0.05, 0) is 41.1 Å². The molecule has 2 aliphatic rings. The minimum atomic E-state index is -0.699. The fourth-order valence-corrected chi connectivity index (χ4v) is 3.17. The first kappa shape index (κ1) is 19.4. The Morgan fingerprint density at radius 3 is 2.59 bits per heavy atom. The number of aromatic amines is 1. The van der Waals surface area contributed by atoms with E-state index in [1.807, 2.05) is 13.0 Å². The molecule has 0 radical (unpaired) electrons. The van der Waals surface area contributed by atoms with Crippen molar-refractivity contribution < 1.29 is 23.6 Å². The van der Waals surface area contributed by atoms with Crippen molar-refractivity contribution in [3.8, 4) is 11.4 Å². The molecule has 2 N–H and O–H groups in total. The predicted octanol–water partition coefficient (Wildman–Crippen LogP) is 1.51. The number of para-hydroxylation sites is 1. The van der Waals surface area contributed by atoms with Crippen molar-refractivity contribution in [2.75, 3.05) is 11.6 Å². The molecule has 0 aliphatic carbocycles. The Morgan fingerprint density at radius 2 is 1.84 bits per heavy atom. The van der Waals surface area contributed by atoms with E-state index in [1.54, 1.807) is 48.5 Å². The monoisotopic (exact) mass is 434 g/mol. The van der Waals surface area contributed by atoms with Crippen molar-refractivity contribution in [3.63, 3.8) is 0 Å². The highest BCUT2D eigenvalue weighted by Gasteiger charge is 2.37. The van der Waals surface area contributed by atoms with Crippen LogP contribution in [0.3, 0.4) is 0 Å². The van der Waals surface area contributed by atoms with Gasteiger partial charge in [0.15, 0.2) is 5.70 Å². The smallest absolute Gasteiger partial charge is 0.439 e. The van der Waals surface area contributed by atoms with Crippen LogP contribution >= 0.6 is 0 Å². The second-order valence-corrected chi connectivity index (χ2v) is 6.55. The Labute approximate surface area is 180 Å². The van der Waals surface area contributed by atoms with Gasteiger partial charge in [0.05, 0.1) is 12.3 Å². The van der Waals surface area contributed by atoms with E-state index in [0.717, 1.165) is 0 Å². The molecule has 12 heteroatoms. The zero-order valence-corrected chi connectivity index (χ0v) is 16.7. The Hall–Kier alpha value is -4.58. The Morgan fingerprint density at radius 1 is 1.06 bits per heavy atom. The Bertz CT molecular complexity index is 1320. The molecule has 32 heavy (non-hydrogen) atoms. The normalized spacial score (nSPS) is 17.6. The maximum Gasteiger partial charge on any atom is 0.439 e. The van der Waals surface area contributed by atoms with Gasteiger partial charge >= 0.3 is 17.3 Å². The molecule has 2 aliphatic heterocycles. The second kappa shape index (κ2) is 7.92. The number of nitrogens with one attached hydrogen (secondary N) is 2. The second-order valence-electron chi connectivity index (χ2n) is 6.55.